The molecule has 102 valence electrons. The van der Waals surface area contributed by atoms with Crippen LogP contribution in [0.1, 0.15) is 5.56 Å². The number of H-pyrrole nitrogens is 1. The van der Waals surface area contributed by atoms with E-state index < -0.39 is 20.7 Å². The molecule has 0 unspecified atom stereocenters. The summed E-state index contributed by atoms with van der Waals surface area (Å²) in [5.74, 6) is -0.716. The predicted molar refractivity (Wildman–Crippen MR) is 72.6 cm³/mol. The van der Waals surface area contributed by atoms with Crippen LogP contribution >= 0.6 is 15.9 Å². The molecule has 1 aromatic heterocycles. The molecule has 0 atom stereocenters. The number of sulfonamides is 1. The Kier molecular flexibility index (Phi) is 3.50. The van der Waals surface area contributed by atoms with Gasteiger partial charge in [-0.25, -0.2) is 12.8 Å². The molecule has 9 heteroatoms. The van der Waals surface area contributed by atoms with E-state index in [2.05, 4.69) is 30.8 Å². The highest BCUT2D eigenvalue weighted by Crippen LogP contribution is 2.27. The molecule has 19 heavy (non-hydrogen) atoms. The standard InChI is InChI=1S/C10H10BrFN4O2S/c1-5-4-14-15-10(5)16-19(17,18)9-3-8(13)6(11)2-7(9)12/h2-4H,13H2,1H3,(H2,14,15,16). The average Bonchev–Trinajstić information content (AvgIpc) is 2.69. The number of nitrogens with two attached hydrogens (primary N) is 1. The number of halogens is 2. The van der Waals surface area contributed by atoms with E-state index in [0.29, 0.717) is 10.0 Å². The molecule has 6 nitrogen and oxygen atoms in total. The maximum absolute atomic E-state index is 13.7. The summed E-state index contributed by atoms with van der Waals surface area (Å²) in [5, 5.41) is 6.15. The monoisotopic (exact) mass is 348 g/mol. The van der Waals surface area contributed by atoms with Crippen molar-refractivity contribution in [1.29, 1.82) is 0 Å². The zero-order valence-corrected chi connectivity index (χ0v) is 12.1. The normalized spacial score (nSPS) is 11.5. The molecule has 0 amide bonds. The van der Waals surface area contributed by atoms with Crippen LogP contribution in [-0.4, -0.2) is 18.6 Å². The number of aromatic amines is 1. The van der Waals surface area contributed by atoms with Crippen LogP contribution in [0.5, 0.6) is 0 Å². The minimum atomic E-state index is -4.07. The van der Waals surface area contributed by atoms with Crippen LogP contribution in [0.25, 0.3) is 0 Å². The topological polar surface area (TPSA) is 101 Å². The molecule has 1 aromatic carbocycles. The molecule has 0 aliphatic rings. The van der Waals surface area contributed by atoms with Gasteiger partial charge in [-0.1, -0.05) is 0 Å². The van der Waals surface area contributed by atoms with Gasteiger partial charge in [0, 0.05) is 15.7 Å². The number of rotatable bonds is 3. The van der Waals surface area contributed by atoms with Crippen molar-refractivity contribution in [1.82, 2.24) is 10.2 Å². The quantitative estimate of drug-likeness (QED) is 0.738. The fraction of sp³-hybridized carbons (Fsp3) is 0.100. The number of aryl methyl sites for hydroxylation is 1. The lowest BCUT2D eigenvalue weighted by molar-refractivity contribution is 0.570. The van der Waals surface area contributed by atoms with Gasteiger partial charge in [-0.3, -0.25) is 9.82 Å². The summed E-state index contributed by atoms with van der Waals surface area (Å²) in [4.78, 5) is -0.526. The van der Waals surface area contributed by atoms with Crippen molar-refractivity contribution in [3.63, 3.8) is 0 Å². The van der Waals surface area contributed by atoms with E-state index in [1.165, 1.54) is 6.20 Å². The molecule has 0 bridgehead atoms. The van der Waals surface area contributed by atoms with E-state index >= 15 is 0 Å². The van der Waals surface area contributed by atoms with E-state index in [4.69, 9.17) is 5.73 Å². The van der Waals surface area contributed by atoms with Crippen LogP contribution in [0.15, 0.2) is 27.7 Å². The summed E-state index contributed by atoms with van der Waals surface area (Å²) in [6.07, 6.45) is 1.45. The third kappa shape index (κ3) is 2.71. The van der Waals surface area contributed by atoms with Crippen LogP contribution in [0.4, 0.5) is 15.9 Å². The Labute approximate surface area is 117 Å². The Hall–Kier alpha value is -1.61. The first-order chi connectivity index (χ1) is 8.81. The second-order valence-corrected chi connectivity index (χ2v) is 6.34. The average molecular weight is 349 g/mol. The SMILES string of the molecule is Cc1cn[nH]c1NS(=O)(=O)c1cc(N)c(Br)cc1F. The predicted octanol–water partition coefficient (Wildman–Crippen LogP) is 2.00. The Morgan fingerprint density at radius 2 is 2.16 bits per heavy atom. The Morgan fingerprint density at radius 3 is 2.74 bits per heavy atom. The van der Waals surface area contributed by atoms with Gasteiger partial charge in [-0.15, -0.1) is 0 Å². The van der Waals surface area contributed by atoms with Crippen molar-refractivity contribution in [2.45, 2.75) is 11.8 Å². The molecule has 0 aliphatic carbocycles. The van der Waals surface area contributed by atoms with Crippen molar-refractivity contribution in [2.75, 3.05) is 10.5 Å². The third-order valence-electron chi connectivity index (χ3n) is 2.41. The second-order valence-electron chi connectivity index (χ2n) is 3.84. The van der Waals surface area contributed by atoms with Crippen molar-refractivity contribution in [3.8, 4) is 0 Å². The van der Waals surface area contributed by atoms with Crippen molar-refractivity contribution in [2.24, 2.45) is 0 Å². The minimum absolute atomic E-state index is 0.128. The van der Waals surface area contributed by atoms with Crippen LogP contribution in [0.2, 0.25) is 0 Å². The molecular formula is C10H10BrFN4O2S. The van der Waals surface area contributed by atoms with E-state index in [-0.39, 0.29) is 11.5 Å². The van der Waals surface area contributed by atoms with Crippen LogP contribution in [0.3, 0.4) is 0 Å². The number of nitrogens with one attached hydrogen (secondary N) is 2. The fourth-order valence-electron chi connectivity index (χ4n) is 1.39. The maximum atomic E-state index is 13.7. The summed E-state index contributed by atoms with van der Waals surface area (Å²) in [7, 11) is -4.07. The fourth-order valence-corrected chi connectivity index (χ4v) is 2.89. The lowest BCUT2D eigenvalue weighted by atomic mass is 10.3. The number of hydrogen-bond donors (Lipinski definition) is 3. The van der Waals surface area contributed by atoms with Gasteiger partial charge in [-0.05, 0) is 35.0 Å². The number of anilines is 2. The van der Waals surface area contributed by atoms with E-state index in [0.717, 1.165) is 12.1 Å². The zero-order chi connectivity index (χ0) is 14.2. The van der Waals surface area contributed by atoms with Crippen molar-refractivity contribution >= 4 is 37.5 Å². The molecular weight excluding hydrogens is 339 g/mol. The van der Waals surface area contributed by atoms with E-state index in [1.807, 2.05) is 0 Å². The van der Waals surface area contributed by atoms with Gasteiger partial charge >= 0.3 is 0 Å². The molecule has 0 aliphatic heterocycles. The Balaban J connectivity index is 2.46. The van der Waals surface area contributed by atoms with Crippen molar-refractivity contribution in [3.05, 3.63) is 34.2 Å². The van der Waals surface area contributed by atoms with Gasteiger partial charge < -0.3 is 5.73 Å². The summed E-state index contributed by atoms with van der Waals surface area (Å²) in [6, 6.07) is 2.05. The van der Waals surface area contributed by atoms with Gasteiger partial charge in [0.25, 0.3) is 10.0 Å². The number of hydrogen-bond acceptors (Lipinski definition) is 4. The number of nitrogens with zero attached hydrogens (tertiary/aromatic N) is 1. The van der Waals surface area contributed by atoms with Gasteiger partial charge in [0.2, 0.25) is 0 Å². The van der Waals surface area contributed by atoms with Gasteiger partial charge in [0.05, 0.1) is 6.20 Å². The zero-order valence-electron chi connectivity index (χ0n) is 9.74. The first kappa shape index (κ1) is 13.8. The molecule has 0 fully saturated rings. The largest absolute Gasteiger partial charge is 0.398 e. The molecule has 0 saturated heterocycles. The Morgan fingerprint density at radius 1 is 1.47 bits per heavy atom. The highest BCUT2D eigenvalue weighted by Gasteiger charge is 2.22. The van der Waals surface area contributed by atoms with Crippen molar-refractivity contribution < 1.29 is 12.8 Å². The summed E-state index contributed by atoms with van der Waals surface area (Å²) in [5.41, 5.74) is 6.28. The first-order valence-electron chi connectivity index (χ1n) is 5.08. The smallest absolute Gasteiger partial charge is 0.266 e. The molecule has 0 saturated carbocycles. The molecule has 1 heterocycles. The molecule has 0 radical (unpaired) electrons. The third-order valence-corrected chi connectivity index (χ3v) is 4.46. The highest BCUT2D eigenvalue weighted by molar-refractivity contribution is 9.10. The number of nitrogen functional groups attached to an aromatic ring is 1. The van der Waals surface area contributed by atoms with Gasteiger partial charge in [0.1, 0.15) is 16.5 Å². The highest BCUT2D eigenvalue weighted by atomic mass is 79.9. The van der Waals surface area contributed by atoms with Crippen LogP contribution in [0, 0.1) is 12.7 Å². The second kappa shape index (κ2) is 4.82. The number of benzene rings is 1. The van der Waals surface area contributed by atoms with Gasteiger partial charge in [0.15, 0.2) is 0 Å². The maximum Gasteiger partial charge on any atom is 0.266 e. The van der Waals surface area contributed by atoms with E-state index in [9.17, 15) is 12.8 Å². The molecule has 4 N–H and O–H groups in total. The van der Waals surface area contributed by atoms with Gasteiger partial charge in [-0.2, -0.15) is 5.10 Å². The summed E-state index contributed by atoms with van der Waals surface area (Å²) in [6.45, 7) is 1.66. The molecule has 2 rings (SSSR count). The van der Waals surface area contributed by atoms with Crippen LogP contribution in [-0.2, 0) is 10.0 Å². The Bertz CT molecular complexity index is 729. The van der Waals surface area contributed by atoms with Crippen LogP contribution < -0.4 is 10.5 Å². The minimum Gasteiger partial charge on any atom is -0.398 e. The molecule has 0 spiro atoms. The summed E-state index contributed by atoms with van der Waals surface area (Å²) >= 11 is 3.02. The first-order valence-corrected chi connectivity index (χ1v) is 7.36. The number of aromatic nitrogens is 2. The summed E-state index contributed by atoms with van der Waals surface area (Å²) < 4.78 is 40.4. The van der Waals surface area contributed by atoms with E-state index in [1.54, 1.807) is 6.92 Å². The lowest BCUT2D eigenvalue weighted by Gasteiger charge is -2.09. The lowest BCUT2D eigenvalue weighted by Crippen LogP contribution is -2.16. The molecule has 2 aromatic rings.